The van der Waals surface area contributed by atoms with Crippen LogP contribution in [-0.4, -0.2) is 11.1 Å². The van der Waals surface area contributed by atoms with E-state index in [0.29, 0.717) is 6.42 Å². The summed E-state index contributed by atoms with van der Waals surface area (Å²) in [5, 5.41) is 8.14. The van der Waals surface area contributed by atoms with Gasteiger partial charge in [-0.1, -0.05) is 44.0 Å². The smallest absolute Gasteiger partial charge is 0.303 e. The van der Waals surface area contributed by atoms with Crippen LogP contribution in [0.25, 0.3) is 0 Å². The lowest BCUT2D eigenvalue weighted by molar-refractivity contribution is -0.137. The van der Waals surface area contributed by atoms with Gasteiger partial charge < -0.3 is 5.11 Å². The number of aliphatic carboxylic acids is 1. The van der Waals surface area contributed by atoms with Crippen LogP contribution in [0.15, 0.2) is 24.3 Å². The molecule has 2 heteroatoms. The third-order valence-electron chi connectivity index (χ3n) is 2.42. The predicted molar refractivity (Wildman–Crippen MR) is 67.7 cm³/mol. The third kappa shape index (κ3) is 8.04. The molecule has 0 unspecified atom stereocenters. The van der Waals surface area contributed by atoms with Crippen LogP contribution in [0, 0.1) is 13.8 Å². The summed E-state index contributed by atoms with van der Waals surface area (Å²) in [5.41, 5.74) is 2.74. The van der Waals surface area contributed by atoms with Crippen molar-refractivity contribution in [3.05, 3.63) is 35.4 Å². The summed E-state index contributed by atoms with van der Waals surface area (Å²) < 4.78 is 0. The van der Waals surface area contributed by atoms with Crippen molar-refractivity contribution in [2.24, 2.45) is 0 Å². The highest BCUT2D eigenvalue weighted by atomic mass is 16.4. The number of unbranched alkanes of at least 4 members (excludes halogenated alkanes) is 2. The summed E-state index contributed by atoms with van der Waals surface area (Å²) in [7, 11) is 0. The molecule has 0 aromatic heterocycles. The highest BCUT2D eigenvalue weighted by molar-refractivity contribution is 5.66. The van der Waals surface area contributed by atoms with E-state index in [4.69, 9.17) is 5.11 Å². The fourth-order valence-corrected chi connectivity index (χ4v) is 1.19. The molecule has 90 valence electrons. The standard InChI is InChI=1S/C8H10.C6H12O2/c1-7-5-3-4-6-8(7)2;1-2-3-4-5-6(7)8/h3-6H,1-2H3;2-5H2,1H3,(H,7,8). The fraction of sp³-hybridized carbons (Fsp3) is 0.500. The minimum absolute atomic E-state index is 0.327. The molecule has 0 spiro atoms. The van der Waals surface area contributed by atoms with Crippen LogP contribution in [0.3, 0.4) is 0 Å². The van der Waals surface area contributed by atoms with Crippen molar-refractivity contribution in [3.63, 3.8) is 0 Å². The van der Waals surface area contributed by atoms with Crippen LogP contribution in [0.2, 0.25) is 0 Å². The van der Waals surface area contributed by atoms with E-state index in [2.05, 4.69) is 45.0 Å². The van der Waals surface area contributed by atoms with Gasteiger partial charge in [-0.05, 0) is 31.4 Å². The molecular weight excluding hydrogens is 200 g/mol. The van der Waals surface area contributed by atoms with Crippen LogP contribution in [0.1, 0.15) is 43.7 Å². The molecule has 0 bridgehead atoms. The fourth-order valence-electron chi connectivity index (χ4n) is 1.19. The maximum Gasteiger partial charge on any atom is 0.303 e. The van der Waals surface area contributed by atoms with Gasteiger partial charge in [-0.2, -0.15) is 0 Å². The second kappa shape index (κ2) is 8.96. The summed E-state index contributed by atoms with van der Waals surface area (Å²) in [6.07, 6.45) is 3.28. The molecule has 1 aromatic rings. The Morgan fingerprint density at radius 2 is 1.62 bits per heavy atom. The Labute approximate surface area is 98.3 Å². The number of hydrogen-bond acceptors (Lipinski definition) is 1. The van der Waals surface area contributed by atoms with Crippen molar-refractivity contribution in [2.45, 2.75) is 46.5 Å². The normalized spacial score (nSPS) is 9.19. The van der Waals surface area contributed by atoms with E-state index < -0.39 is 5.97 Å². The summed E-state index contributed by atoms with van der Waals surface area (Å²) >= 11 is 0. The van der Waals surface area contributed by atoms with Crippen molar-refractivity contribution in [3.8, 4) is 0 Å². The predicted octanol–water partition coefficient (Wildman–Crippen LogP) is 3.95. The van der Waals surface area contributed by atoms with E-state index in [1.165, 1.54) is 11.1 Å². The molecule has 1 N–H and O–H groups in total. The highest BCUT2D eigenvalue weighted by Crippen LogP contribution is 2.02. The van der Waals surface area contributed by atoms with Gasteiger partial charge in [0, 0.05) is 6.42 Å². The average molecular weight is 222 g/mol. The zero-order chi connectivity index (χ0) is 12.4. The van der Waals surface area contributed by atoms with Crippen LogP contribution >= 0.6 is 0 Å². The Morgan fingerprint density at radius 3 is 1.94 bits per heavy atom. The average Bonchev–Trinajstić information content (AvgIpc) is 2.23. The molecule has 0 aliphatic rings. The molecule has 1 aromatic carbocycles. The molecule has 0 saturated heterocycles. The maximum atomic E-state index is 9.87. The first-order valence-electron chi connectivity index (χ1n) is 5.82. The summed E-state index contributed by atoms with van der Waals surface area (Å²) in [6.45, 7) is 6.30. The highest BCUT2D eigenvalue weighted by Gasteiger charge is 1.92. The Bertz CT molecular complexity index is 284. The summed E-state index contributed by atoms with van der Waals surface area (Å²) in [4.78, 5) is 9.87. The number of carbonyl (C=O) groups is 1. The molecule has 0 aliphatic carbocycles. The molecule has 16 heavy (non-hydrogen) atoms. The minimum atomic E-state index is -0.682. The Kier molecular flexibility index (Phi) is 8.22. The number of aryl methyl sites for hydroxylation is 2. The van der Waals surface area contributed by atoms with Crippen molar-refractivity contribution in [1.29, 1.82) is 0 Å². The molecule has 0 atom stereocenters. The van der Waals surface area contributed by atoms with Crippen LogP contribution in [-0.2, 0) is 4.79 Å². The lowest BCUT2D eigenvalue weighted by Gasteiger charge is -1.93. The Balaban J connectivity index is 0.000000281. The Hall–Kier alpha value is -1.31. The molecule has 0 amide bonds. The third-order valence-corrected chi connectivity index (χ3v) is 2.42. The molecule has 1 rings (SSSR count). The van der Waals surface area contributed by atoms with Gasteiger partial charge in [0.15, 0.2) is 0 Å². The second-order valence-electron chi connectivity index (χ2n) is 3.94. The number of carboxylic acids is 1. The van der Waals surface area contributed by atoms with Crippen molar-refractivity contribution >= 4 is 5.97 Å². The number of rotatable bonds is 4. The van der Waals surface area contributed by atoms with Gasteiger partial charge in [0.1, 0.15) is 0 Å². The van der Waals surface area contributed by atoms with Gasteiger partial charge in [-0.15, -0.1) is 0 Å². The van der Waals surface area contributed by atoms with Crippen molar-refractivity contribution < 1.29 is 9.90 Å². The SMILES string of the molecule is CCCCCC(=O)O.Cc1ccccc1C. The van der Waals surface area contributed by atoms with E-state index in [-0.39, 0.29) is 0 Å². The first-order chi connectivity index (χ1) is 7.57. The zero-order valence-electron chi connectivity index (χ0n) is 10.5. The molecule has 0 radical (unpaired) electrons. The number of hydrogen-bond donors (Lipinski definition) is 1. The first-order valence-corrected chi connectivity index (χ1v) is 5.82. The van der Waals surface area contributed by atoms with Gasteiger partial charge in [0.05, 0.1) is 0 Å². The van der Waals surface area contributed by atoms with Gasteiger partial charge in [0.2, 0.25) is 0 Å². The van der Waals surface area contributed by atoms with E-state index in [1.807, 2.05) is 0 Å². The maximum absolute atomic E-state index is 9.87. The molecule has 2 nitrogen and oxygen atoms in total. The summed E-state index contributed by atoms with van der Waals surface area (Å²) in [6, 6.07) is 8.36. The molecule has 0 fully saturated rings. The lowest BCUT2D eigenvalue weighted by atomic mass is 10.1. The van der Waals surface area contributed by atoms with E-state index in [1.54, 1.807) is 0 Å². The van der Waals surface area contributed by atoms with E-state index >= 15 is 0 Å². The molecule has 0 heterocycles. The van der Waals surface area contributed by atoms with Gasteiger partial charge in [-0.25, -0.2) is 0 Å². The first kappa shape index (κ1) is 14.7. The van der Waals surface area contributed by atoms with Crippen LogP contribution in [0.4, 0.5) is 0 Å². The topological polar surface area (TPSA) is 37.3 Å². The van der Waals surface area contributed by atoms with E-state index in [9.17, 15) is 4.79 Å². The van der Waals surface area contributed by atoms with E-state index in [0.717, 1.165) is 19.3 Å². The monoisotopic (exact) mass is 222 g/mol. The van der Waals surface area contributed by atoms with Crippen molar-refractivity contribution in [2.75, 3.05) is 0 Å². The number of carboxylic acid groups (broad SMARTS) is 1. The lowest BCUT2D eigenvalue weighted by Crippen LogP contribution is -1.92. The second-order valence-corrected chi connectivity index (χ2v) is 3.94. The quantitative estimate of drug-likeness (QED) is 0.783. The summed E-state index contributed by atoms with van der Waals surface area (Å²) in [5.74, 6) is -0.682. The molecular formula is C14H22O2. The largest absolute Gasteiger partial charge is 0.481 e. The van der Waals surface area contributed by atoms with Gasteiger partial charge >= 0.3 is 5.97 Å². The Morgan fingerprint density at radius 1 is 1.12 bits per heavy atom. The minimum Gasteiger partial charge on any atom is -0.481 e. The zero-order valence-corrected chi connectivity index (χ0v) is 10.5. The van der Waals surface area contributed by atoms with Gasteiger partial charge in [-0.3, -0.25) is 4.79 Å². The van der Waals surface area contributed by atoms with Crippen LogP contribution < -0.4 is 0 Å². The van der Waals surface area contributed by atoms with Gasteiger partial charge in [0.25, 0.3) is 0 Å². The molecule has 0 aliphatic heterocycles. The van der Waals surface area contributed by atoms with Crippen LogP contribution in [0.5, 0.6) is 0 Å². The van der Waals surface area contributed by atoms with Crippen molar-refractivity contribution in [1.82, 2.24) is 0 Å². The molecule has 0 saturated carbocycles. The number of benzene rings is 1.